The Bertz CT molecular complexity index is 371. The van der Waals surface area contributed by atoms with Gasteiger partial charge in [0.2, 0.25) is 0 Å². The third-order valence-corrected chi connectivity index (χ3v) is 2.56. The van der Waals surface area contributed by atoms with E-state index >= 15 is 0 Å². The smallest absolute Gasteiger partial charge is 0.166 e. The average Bonchev–Trinajstić information content (AvgIpc) is 2.30. The van der Waals surface area contributed by atoms with Gasteiger partial charge in [0.05, 0.1) is 19.2 Å². The summed E-state index contributed by atoms with van der Waals surface area (Å²) in [6.07, 6.45) is 1.14. The fraction of sp³-hybridized carbons (Fsp3) is 0.455. The molecule has 0 aliphatic rings. The molecule has 0 bridgehead atoms. The van der Waals surface area contributed by atoms with Crippen molar-refractivity contribution in [2.75, 3.05) is 20.8 Å². The lowest BCUT2D eigenvalue weighted by Gasteiger charge is -2.14. The minimum absolute atomic E-state index is 0.0321. The Labute approximate surface area is 99.3 Å². The topological polar surface area (TPSA) is 44.5 Å². The predicted octanol–water partition coefficient (Wildman–Crippen LogP) is 2.39. The first-order chi connectivity index (χ1) is 7.65. The van der Waals surface area contributed by atoms with Crippen LogP contribution in [0, 0.1) is 5.82 Å². The monoisotopic (exact) mass is 247 g/mol. The van der Waals surface area contributed by atoms with Gasteiger partial charge >= 0.3 is 0 Å². The first-order valence-corrected chi connectivity index (χ1v) is 5.32. The zero-order chi connectivity index (χ0) is 12.1. The maximum absolute atomic E-state index is 13.8. The fourth-order valence-corrected chi connectivity index (χ4v) is 1.73. The van der Waals surface area contributed by atoms with Crippen LogP contribution in [0.25, 0.3) is 0 Å². The minimum atomic E-state index is -0.465. The summed E-state index contributed by atoms with van der Waals surface area (Å²) in [5.41, 5.74) is 5.81. The summed E-state index contributed by atoms with van der Waals surface area (Å²) in [5.74, 6) is 0.353. The number of halogens is 2. The van der Waals surface area contributed by atoms with Gasteiger partial charge in [-0.1, -0.05) is 11.6 Å². The molecule has 0 heterocycles. The fourth-order valence-electron chi connectivity index (χ4n) is 1.51. The highest BCUT2D eigenvalue weighted by molar-refractivity contribution is 6.31. The van der Waals surface area contributed by atoms with Crippen molar-refractivity contribution in [2.24, 2.45) is 5.73 Å². The number of hydrogen-bond donors (Lipinski definition) is 1. The van der Waals surface area contributed by atoms with Gasteiger partial charge in [-0.3, -0.25) is 0 Å². The second kappa shape index (κ2) is 5.92. The van der Waals surface area contributed by atoms with E-state index in [1.165, 1.54) is 20.3 Å². The van der Waals surface area contributed by atoms with Crippen LogP contribution < -0.4 is 15.2 Å². The molecule has 1 aromatic rings. The quantitative estimate of drug-likeness (QED) is 0.869. The Hall–Kier alpha value is -1.00. The van der Waals surface area contributed by atoms with E-state index in [9.17, 15) is 4.39 Å². The van der Waals surface area contributed by atoms with Crippen molar-refractivity contribution in [3.05, 3.63) is 22.5 Å². The number of methoxy groups -OCH3 is 2. The average molecular weight is 248 g/mol. The van der Waals surface area contributed by atoms with Gasteiger partial charge in [-0.25, -0.2) is 4.39 Å². The van der Waals surface area contributed by atoms with Crippen LogP contribution in [0.2, 0.25) is 5.02 Å². The van der Waals surface area contributed by atoms with Crippen molar-refractivity contribution in [2.45, 2.75) is 12.8 Å². The molecule has 0 amide bonds. The van der Waals surface area contributed by atoms with E-state index in [0.29, 0.717) is 36.4 Å². The number of nitrogens with two attached hydrogens (primary N) is 1. The van der Waals surface area contributed by atoms with Crippen LogP contribution in [-0.4, -0.2) is 20.8 Å². The summed E-state index contributed by atoms with van der Waals surface area (Å²) in [5, 5.41) is 0.0321. The summed E-state index contributed by atoms with van der Waals surface area (Å²) in [7, 11) is 2.95. The largest absolute Gasteiger partial charge is 0.493 e. The predicted molar refractivity (Wildman–Crippen MR) is 61.9 cm³/mol. The molecule has 90 valence electrons. The molecule has 2 N–H and O–H groups in total. The number of ether oxygens (including phenoxy) is 2. The van der Waals surface area contributed by atoms with Crippen molar-refractivity contribution in [1.82, 2.24) is 0 Å². The van der Waals surface area contributed by atoms with E-state index in [1.807, 2.05) is 0 Å². The molecule has 0 aromatic heterocycles. The zero-order valence-electron chi connectivity index (χ0n) is 9.35. The van der Waals surface area contributed by atoms with Crippen LogP contribution in [0.5, 0.6) is 11.5 Å². The molecule has 0 unspecified atom stereocenters. The molecule has 0 spiro atoms. The number of benzene rings is 1. The Morgan fingerprint density at radius 3 is 2.56 bits per heavy atom. The molecule has 0 saturated carbocycles. The van der Waals surface area contributed by atoms with Gasteiger partial charge in [-0.05, 0) is 19.4 Å². The molecule has 0 radical (unpaired) electrons. The molecule has 0 fully saturated rings. The normalized spacial score (nSPS) is 10.3. The van der Waals surface area contributed by atoms with Crippen molar-refractivity contribution in [3.8, 4) is 11.5 Å². The minimum Gasteiger partial charge on any atom is -0.493 e. The maximum Gasteiger partial charge on any atom is 0.166 e. The maximum atomic E-state index is 13.8. The molecular formula is C11H15ClFNO2. The van der Waals surface area contributed by atoms with E-state index in [2.05, 4.69) is 0 Å². The van der Waals surface area contributed by atoms with Gasteiger partial charge in [0, 0.05) is 11.6 Å². The Kier molecular flexibility index (Phi) is 4.83. The zero-order valence-corrected chi connectivity index (χ0v) is 10.1. The molecule has 5 heteroatoms. The molecule has 0 aliphatic heterocycles. The second-order valence-corrected chi connectivity index (χ2v) is 3.69. The highest BCUT2D eigenvalue weighted by atomic mass is 35.5. The van der Waals surface area contributed by atoms with Crippen molar-refractivity contribution < 1.29 is 13.9 Å². The number of hydrogen-bond acceptors (Lipinski definition) is 3. The highest BCUT2D eigenvalue weighted by Crippen LogP contribution is 2.37. The van der Waals surface area contributed by atoms with Crippen LogP contribution >= 0.6 is 11.6 Å². The van der Waals surface area contributed by atoms with Crippen molar-refractivity contribution in [3.63, 3.8) is 0 Å². The Morgan fingerprint density at radius 2 is 2.06 bits per heavy atom. The number of rotatable bonds is 5. The molecule has 3 nitrogen and oxygen atoms in total. The van der Waals surface area contributed by atoms with Gasteiger partial charge in [0.25, 0.3) is 0 Å². The third-order valence-electron chi connectivity index (χ3n) is 2.29. The lowest BCUT2D eigenvalue weighted by molar-refractivity contribution is 0.348. The van der Waals surface area contributed by atoms with Gasteiger partial charge in [-0.2, -0.15) is 0 Å². The molecule has 1 aromatic carbocycles. The Balaban J connectivity index is 3.23. The summed E-state index contributed by atoms with van der Waals surface area (Å²) in [6.45, 7) is 0.484. The van der Waals surface area contributed by atoms with Gasteiger partial charge in [0.1, 0.15) is 5.82 Å². The first-order valence-electron chi connectivity index (χ1n) is 4.94. The lowest BCUT2D eigenvalue weighted by Crippen LogP contribution is -2.05. The standard InChI is InChI=1S/C11H15ClFNO2/c1-15-9-6-8(12)10(13)7(4-3-5-14)11(9)16-2/h6H,3-5,14H2,1-2H3. The summed E-state index contributed by atoms with van der Waals surface area (Å²) < 4.78 is 24.0. The molecule has 1 rings (SSSR count). The molecule has 0 saturated heterocycles. The van der Waals surface area contributed by atoms with Crippen molar-refractivity contribution in [1.29, 1.82) is 0 Å². The van der Waals surface area contributed by atoms with E-state index in [4.69, 9.17) is 26.8 Å². The van der Waals surface area contributed by atoms with Crippen molar-refractivity contribution >= 4 is 11.6 Å². The SMILES string of the molecule is COc1cc(Cl)c(F)c(CCCN)c1OC. The van der Waals surface area contributed by atoms with E-state index in [-0.39, 0.29) is 5.02 Å². The summed E-state index contributed by atoms with van der Waals surface area (Å²) >= 11 is 5.76. The van der Waals surface area contributed by atoms with Gasteiger partial charge < -0.3 is 15.2 Å². The second-order valence-electron chi connectivity index (χ2n) is 3.28. The Morgan fingerprint density at radius 1 is 1.38 bits per heavy atom. The molecule has 0 aliphatic carbocycles. The molecular weight excluding hydrogens is 233 g/mol. The van der Waals surface area contributed by atoms with Crippen LogP contribution in [0.15, 0.2) is 6.07 Å². The van der Waals surface area contributed by atoms with E-state index in [0.717, 1.165) is 0 Å². The van der Waals surface area contributed by atoms with Crippen LogP contribution in [0.4, 0.5) is 4.39 Å². The van der Waals surface area contributed by atoms with Crippen LogP contribution in [-0.2, 0) is 6.42 Å². The van der Waals surface area contributed by atoms with Crippen LogP contribution in [0.3, 0.4) is 0 Å². The summed E-state index contributed by atoms with van der Waals surface area (Å²) in [6, 6.07) is 1.40. The van der Waals surface area contributed by atoms with E-state index in [1.54, 1.807) is 0 Å². The highest BCUT2D eigenvalue weighted by Gasteiger charge is 2.18. The third kappa shape index (κ3) is 2.57. The first kappa shape index (κ1) is 13.1. The van der Waals surface area contributed by atoms with Crippen LogP contribution in [0.1, 0.15) is 12.0 Å². The molecule has 0 atom stereocenters. The van der Waals surface area contributed by atoms with E-state index < -0.39 is 5.82 Å². The van der Waals surface area contributed by atoms with Gasteiger partial charge in [0.15, 0.2) is 11.5 Å². The van der Waals surface area contributed by atoms with Gasteiger partial charge in [-0.15, -0.1) is 0 Å². The lowest BCUT2D eigenvalue weighted by atomic mass is 10.1. The summed E-state index contributed by atoms with van der Waals surface area (Å²) in [4.78, 5) is 0. The molecule has 16 heavy (non-hydrogen) atoms.